The molecule has 0 radical (unpaired) electrons. The molecule has 0 heterocycles. The van der Waals surface area contributed by atoms with Gasteiger partial charge in [0.15, 0.2) is 0 Å². The van der Waals surface area contributed by atoms with Crippen LogP contribution in [0.5, 0.6) is 28.7 Å². The van der Waals surface area contributed by atoms with Crippen LogP contribution in [0.3, 0.4) is 0 Å². The topological polar surface area (TPSA) is 169 Å². The van der Waals surface area contributed by atoms with Crippen LogP contribution in [-0.2, 0) is 6.61 Å². The zero-order valence-corrected chi connectivity index (χ0v) is 67.3. The van der Waals surface area contributed by atoms with Crippen molar-refractivity contribution in [1.82, 2.24) is 0 Å². The number of aliphatic hydroxyl groups is 1. The van der Waals surface area contributed by atoms with Crippen LogP contribution in [0.25, 0.3) is 10.8 Å². The fraction of sp³-hybridized carbons (Fsp3) is 0.389. The second-order valence-corrected chi connectivity index (χ2v) is 29.2. The summed E-state index contributed by atoms with van der Waals surface area (Å²) < 4.78 is 10.8. The van der Waals surface area contributed by atoms with Crippen molar-refractivity contribution in [3.63, 3.8) is 0 Å². The number of phenols is 3. The molecule has 0 amide bonds. The number of hydrogen-bond acceptors (Lipinski definition) is 9. The van der Waals surface area contributed by atoms with Crippen molar-refractivity contribution in [1.29, 1.82) is 0 Å². The van der Waals surface area contributed by atoms with Gasteiger partial charge in [-0.3, -0.25) is 10.1 Å². The molecule has 6 N–H and O–H groups in total. The van der Waals surface area contributed by atoms with Gasteiger partial charge in [0, 0.05) is 26.7 Å². The van der Waals surface area contributed by atoms with Crippen LogP contribution in [0, 0.1) is 22.0 Å². The van der Waals surface area contributed by atoms with Crippen LogP contribution >= 0.6 is 0 Å². The van der Waals surface area contributed by atoms with Gasteiger partial charge in [-0.05, 0) is 188 Å². The average Bonchev–Trinajstić information content (AvgIpc) is 0.824. The number of benzene rings is 10. The van der Waals surface area contributed by atoms with E-state index < -0.39 is 6.10 Å². The minimum atomic E-state index is -0.619. The molecule has 0 aliphatic rings. The van der Waals surface area contributed by atoms with Crippen LogP contribution in [0.1, 0.15) is 271 Å². The first-order chi connectivity index (χ1) is 49.9. The number of aliphatic hydroxyl groups excluding tert-OH is 1. The highest BCUT2D eigenvalue weighted by Gasteiger charge is 2.12. The lowest BCUT2D eigenvalue weighted by Crippen LogP contribution is -2.01. The largest absolute Gasteiger partial charge is 0.508 e. The molecule has 0 saturated carbocycles. The molecule has 0 bridgehead atoms. The maximum atomic E-state index is 10.3. The highest BCUT2D eigenvalue weighted by molar-refractivity contribution is 5.86. The molecule has 105 heavy (non-hydrogen) atoms. The number of unbranched alkanes of at least 4 members (excludes halogenated alkanes) is 1. The molecule has 10 heteroatoms. The zero-order chi connectivity index (χ0) is 78.4. The number of nitro benzene ring substituents is 1. The first-order valence-electron chi connectivity index (χ1n) is 37.9. The van der Waals surface area contributed by atoms with E-state index in [1.807, 2.05) is 72.8 Å². The highest BCUT2D eigenvalue weighted by Crippen LogP contribution is 2.30. The Bertz CT molecular complexity index is 3770. The summed E-state index contributed by atoms with van der Waals surface area (Å²) in [5.41, 5.74) is 17.6. The van der Waals surface area contributed by atoms with Gasteiger partial charge in [-0.25, -0.2) is 0 Å². The Labute approximate surface area is 636 Å². The van der Waals surface area contributed by atoms with E-state index in [1.54, 1.807) is 31.4 Å². The summed E-state index contributed by atoms with van der Waals surface area (Å²) in [7, 11) is 1.68. The van der Waals surface area contributed by atoms with Gasteiger partial charge in [0.05, 0.1) is 18.1 Å². The molecule has 0 spiro atoms. The molecule has 0 fully saturated rings. The number of nitrogens with two attached hydrogens (primary N) is 1. The summed E-state index contributed by atoms with van der Waals surface area (Å²) in [6.07, 6.45) is 6.21. The SMILES string of the molecule is CC(C)c1ccc(N)cc1.CC(C)c1ccc(O)cc1.CC(C)c1ccc(OCc2ccccc2)cc1.CC(C)c1ccc([N+](=O)[O-])cc1.CC(C)c1cccc2ccccc12.CC(C)c1ccccc1.CCC(C)CCC(O)c1cc(O)cc(O)c1.CCCCC(C)C.COc1ccc(C(C)C)cc1.[HH].[HH]. The van der Waals surface area contributed by atoms with E-state index in [1.165, 1.54) is 99.3 Å². The molecule has 10 nitrogen and oxygen atoms in total. The quantitative estimate of drug-likeness (QED) is 0.0283. The number of fused-ring (bicyclic) bond motifs is 1. The molecular weight excluding hydrogens is 1300 g/mol. The van der Waals surface area contributed by atoms with Crippen molar-refractivity contribution in [3.8, 4) is 28.7 Å². The molecule has 0 aromatic heterocycles. The van der Waals surface area contributed by atoms with Crippen molar-refractivity contribution in [2.24, 2.45) is 11.8 Å². The molecular formula is C95H134N2O8. The number of nitrogen functional groups attached to an aromatic ring is 1. The second-order valence-electron chi connectivity index (χ2n) is 29.2. The summed E-state index contributed by atoms with van der Waals surface area (Å²) in [4.78, 5) is 9.90. The molecule has 2 unspecified atom stereocenters. The monoisotopic (exact) mass is 1430 g/mol. The van der Waals surface area contributed by atoms with Gasteiger partial charge in [-0.15, -0.1) is 0 Å². The summed E-state index contributed by atoms with van der Waals surface area (Å²) in [5, 5.41) is 50.4. The van der Waals surface area contributed by atoms with Gasteiger partial charge in [-0.2, -0.15) is 0 Å². The van der Waals surface area contributed by atoms with Gasteiger partial charge in [0.25, 0.3) is 5.69 Å². The number of anilines is 1. The number of non-ortho nitro benzene ring substituents is 1. The number of nitrogens with zero attached hydrogens (tertiary/aromatic N) is 1. The zero-order valence-electron chi connectivity index (χ0n) is 67.3. The molecule has 10 rings (SSSR count). The van der Waals surface area contributed by atoms with Crippen molar-refractivity contribution < 1.29 is 37.7 Å². The lowest BCUT2D eigenvalue weighted by molar-refractivity contribution is -0.384. The standard InChI is InChI=1S/C16H18O.C13H20O3.C13H14.C10H14O.C9H11NO2.C9H13N.C9H12O.C9H12.C7H16.2H2/c1-13(2)15-8-10-16(11-9-15)17-12-14-6-4-3-5-7-14;1-3-9(2)4-5-13(16)10-6-11(14)8-12(15)7-10;1-10(2)12-9-5-7-11-6-3-4-8-13(11)12;1-8(2)9-4-6-10(11-3)7-5-9;1-7(2)8-3-5-9(6-4-8)10(11)12;2*1-7(2)8-3-5-9(10)6-4-8;1-8(2)9-6-4-3-5-7-9;1-4-5-6-7(2)3;;/h3-11,13H,12H2,1-2H3;6-9,13-16H,3-5H2,1-2H3;3-10H,1-2H3;4-8H,1-3H3;3-7H,1-2H3;3-7H,10H2,1-2H3;3-7,10H,1-2H3;3-8H,1-2H3;7H,4-6H2,1-3H3;2*1H. The molecule has 572 valence electrons. The Morgan fingerprint density at radius 3 is 1.22 bits per heavy atom. The van der Waals surface area contributed by atoms with E-state index in [4.69, 9.17) is 20.3 Å². The number of rotatable bonds is 20. The number of aromatic hydroxyl groups is 3. The van der Waals surface area contributed by atoms with Crippen LogP contribution in [0.4, 0.5) is 11.4 Å². The number of ether oxygens (including phenoxy) is 2. The van der Waals surface area contributed by atoms with Crippen LogP contribution < -0.4 is 15.2 Å². The molecule has 10 aromatic carbocycles. The van der Waals surface area contributed by atoms with E-state index in [9.17, 15) is 25.4 Å². The Morgan fingerprint density at radius 1 is 0.419 bits per heavy atom. The normalized spacial score (nSPS) is 11.1. The predicted molar refractivity (Wildman–Crippen MR) is 453 cm³/mol. The first kappa shape index (κ1) is 91.7. The van der Waals surface area contributed by atoms with Gasteiger partial charge < -0.3 is 35.6 Å². The third-order valence-corrected chi connectivity index (χ3v) is 17.5. The summed E-state index contributed by atoms with van der Waals surface area (Å²) in [6.45, 7) is 42.0. The van der Waals surface area contributed by atoms with Crippen LogP contribution in [0.2, 0.25) is 0 Å². The van der Waals surface area contributed by atoms with E-state index in [2.05, 4.69) is 247 Å². The predicted octanol–water partition coefficient (Wildman–Crippen LogP) is 27.9. The van der Waals surface area contributed by atoms with Crippen molar-refractivity contribution in [2.45, 2.75) is 224 Å². The smallest absolute Gasteiger partial charge is 0.269 e. The Balaban J connectivity index is 0.00000119. The van der Waals surface area contributed by atoms with Crippen LogP contribution in [0.15, 0.2) is 243 Å². The van der Waals surface area contributed by atoms with Gasteiger partial charge in [-0.1, -0.05) is 321 Å². The Hall–Kier alpha value is -9.38. The second kappa shape index (κ2) is 51.7. The maximum absolute atomic E-state index is 10.3. The minimum absolute atomic E-state index is 0. The fourth-order valence-corrected chi connectivity index (χ4v) is 10.2. The van der Waals surface area contributed by atoms with Gasteiger partial charge >= 0.3 is 0 Å². The van der Waals surface area contributed by atoms with Gasteiger partial charge in [0.1, 0.15) is 35.4 Å². The number of phenolic OH excluding ortho intramolecular Hbond substituents is 3. The lowest BCUT2D eigenvalue weighted by atomic mass is 9.96. The molecule has 0 saturated heterocycles. The van der Waals surface area contributed by atoms with E-state index >= 15 is 0 Å². The summed E-state index contributed by atoms with van der Waals surface area (Å²) in [6, 6.07) is 78.6. The number of methoxy groups -OCH3 is 1. The van der Waals surface area contributed by atoms with Crippen molar-refractivity contribution >= 4 is 22.1 Å². The summed E-state index contributed by atoms with van der Waals surface area (Å²) in [5.74, 6) is 7.64. The third-order valence-electron chi connectivity index (χ3n) is 17.5. The summed E-state index contributed by atoms with van der Waals surface area (Å²) >= 11 is 0. The molecule has 2 atom stereocenters. The van der Waals surface area contributed by atoms with E-state index in [0.29, 0.717) is 71.7 Å². The Kier molecular flexibility index (Phi) is 45.2. The first-order valence-corrected chi connectivity index (χ1v) is 37.9. The van der Waals surface area contributed by atoms with E-state index in [0.717, 1.165) is 41.5 Å². The average molecular weight is 1430 g/mol. The number of nitro groups is 1. The maximum Gasteiger partial charge on any atom is 0.269 e. The highest BCUT2D eigenvalue weighted by atomic mass is 16.6. The number of hydrogen-bond donors (Lipinski definition) is 5. The molecule has 0 aliphatic carbocycles. The van der Waals surface area contributed by atoms with Gasteiger partial charge in [0.2, 0.25) is 0 Å². The van der Waals surface area contributed by atoms with E-state index in [-0.39, 0.29) is 25.0 Å². The lowest BCUT2D eigenvalue weighted by Gasteiger charge is -2.14. The Morgan fingerprint density at radius 2 is 0.819 bits per heavy atom. The fourth-order valence-electron chi connectivity index (χ4n) is 10.2. The van der Waals surface area contributed by atoms with Crippen molar-refractivity contribution in [3.05, 3.63) is 303 Å². The molecule has 0 aliphatic heterocycles. The van der Waals surface area contributed by atoms with Crippen LogP contribution in [-0.4, -0.2) is 32.5 Å². The van der Waals surface area contributed by atoms with Crippen molar-refractivity contribution in [2.75, 3.05) is 12.8 Å². The minimum Gasteiger partial charge on any atom is -0.508 e. The third kappa shape index (κ3) is 39.4. The molecule has 10 aromatic rings.